The third-order valence-corrected chi connectivity index (χ3v) is 6.32. The fraction of sp³-hybridized carbons (Fsp3) is 0.562. The molecule has 2 fully saturated rings. The fourth-order valence-electron chi connectivity index (χ4n) is 3.09. The Morgan fingerprint density at radius 2 is 1.86 bits per heavy atom. The van der Waals surface area contributed by atoms with Gasteiger partial charge in [0.05, 0.1) is 5.25 Å². The summed E-state index contributed by atoms with van der Waals surface area (Å²) < 4.78 is 31.7. The second-order valence-electron chi connectivity index (χ2n) is 6.10. The van der Waals surface area contributed by atoms with E-state index in [1.165, 1.54) is 5.56 Å². The molecule has 1 heterocycles. The molecule has 0 unspecified atom stereocenters. The third kappa shape index (κ3) is 3.67. The molecular formula is C16H21NO4S. The van der Waals surface area contributed by atoms with E-state index in [1.807, 2.05) is 18.2 Å². The van der Waals surface area contributed by atoms with Gasteiger partial charge in [0.1, 0.15) is 0 Å². The molecule has 1 aliphatic carbocycles. The van der Waals surface area contributed by atoms with E-state index >= 15 is 0 Å². The van der Waals surface area contributed by atoms with Gasteiger partial charge >= 0.3 is 0 Å². The first kappa shape index (κ1) is 15.5. The number of hydrogen-bond acceptors (Lipinski definition) is 4. The molecular weight excluding hydrogens is 302 g/mol. The van der Waals surface area contributed by atoms with Gasteiger partial charge < -0.3 is 4.74 Å². The lowest BCUT2D eigenvalue weighted by Crippen LogP contribution is -2.41. The van der Waals surface area contributed by atoms with Gasteiger partial charge in [-0.1, -0.05) is 30.3 Å². The fourth-order valence-corrected chi connectivity index (χ4v) is 4.47. The van der Waals surface area contributed by atoms with Crippen molar-refractivity contribution in [3.05, 3.63) is 35.9 Å². The molecule has 0 radical (unpaired) electrons. The zero-order valence-electron chi connectivity index (χ0n) is 12.4. The number of ether oxygens (including phenoxy) is 1. The lowest BCUT2D eigenvalue weighted by atomic mass is 10.1. The summed E-state index contributed by atoms with van der Waals surface area (Å²) in [6.45, 7) is 0.886. The van der Waals surface area contributed by atoms with E-state index in [0.717, 1.165) is 6.42 Å². The summed E-state index contributed by atoms with van der Waals surface area (Å²) in [5.41, 5.74) is 1.23. The van der Waals surface area contributed by atoms with Crippen molar-refractivity contribution >= 4 is 15.9 Å². The van der Waals surface area contributed by atoms with Gasteiger partial charge in [0, 0.05) is 19.6 Å². The number of hydrogen-bond donors (Lipinski definition) is 1. The van der Waals surface area contributed by atoms with E-state index in [0.29, 0.717) is 32.0 Å². The van der Waals surface area contributed by atoms with Crippen molar-refractivity contribution in [2.24, 2.45) is 5.92 Å². The first-order chi connectivity index (χ1) is 10.6. The van der Waals surface area contributed by atoms with E-state index in [1.54, 1.807) is 0 Å². The first-order valence-electron chi connectivity index (χ1n) is 7.73. The van der Waals surface area contributed by atoms with E-state index in [4.69, 9.17) is 4.74 Å². The van der Waals surface area contributed by atoms with Crippen molar-refractivity contribution in [1.29, 1.82) is 0 Å². The third-order valence-electron chi connectivity index (χ3n) is 4.46. The van der Waals surface area contributed by atoms with Crippen LogP contribution < -0.4 is 4.72 Å². The van der Waals surface area contributed by atoms with E-state index < -0.39 is 15.3 Å². The Kier molecular flexibility index (Phi) is 4.49. The lowest BCUT2D eigenvalue weighted by molar-refractivity contribution is -0.119. The zero-order chi connectivity index (χ0) is 15.6. The van der Waals surface area contributed by atoms with Gasteiger partial charge in [-0.2, -0.15) is 0 Å². The number of benzene rings is 1. The summed E-state index contributed by atoms with van der Waals surface area (Å²) in [7, 11) is -3.56. The SMILES string of the molecule is O=C(C[C@@H]1C[C@H]1c1ccccc1)NS(=O)(=O)C1CCOCC1. The van der Waals surface area contributed by atoms with Crippen LogP contribution in [0.2, 0.25) is 0 Å². The molecule has 6 heteroatoms. The molecule has 2 atom stereocenters. The maximum Gasteiger partial charge on any atom is 0.237 e. The van der Waals surface area contributed by atoms with Crippen LogP contribution in [0, 0.1) is 5.92 Å². The average molecular weight is 323 g/mol. The molecule has 1 aliphatic heterocycles. The van der Waals surface area contributed by atoms with Crippen LogP contribution in [-0.4, -0.2) is 32.8 Å². The summed E-state index contributed by atoms with van der Waals surface area (Å²) in [6, 6.07) is 10.1. The van der Waals surface area contributed by atoms with Crippen molar-refractivity contribution in [2.75, 3.05) is 13.2 Å². The number of rotatable bonds is 5. The Morgan fingerprint density at radius 3 is 2.55 bits per heavy atom. The maximum atomic E-state index is 12.2. The number of nitrogens with one attached hydrogen (secondary N) is 1. The smallest absolute Gasteiger partial charge is 0.237 e. The van der Waals surface area contributed by atoms with Crippen molar-refractivity contribution in [2.45, 2.75) is 36.9 Å². The van der Waals surface area contributed by atoms with Gasteiger partial charge in [-0.05, 0) is 36.7 Å². The van der Waals surface area contributed by atoms with Crippen LogP contribution in [0.15, 0.2) is 30.3 Å². The molecule has 1 saturated heterocycles. The van der Waals surface area contributed by atoms with E-state index in [9.17, 15) is 13.2 Å². The average Bonchev–Trinajstić information content (AvgIpc) is 3.27. The molecule has 1 N–H and O–H groups in total. The molecule has 22 heavy (non-hydrogen) atoms. The highest BCUT2D eigenvalue weighted by Crippen LogP contribution is 2.49. The number of amides is 1. The molecule has 1 amide bonds. The highest BCUT2D eigenvalue weighted by molar-refractivity contribution is 7.90. The number of carbonyl (C=O) groups is 1. The summed E-state index contributed by atoms with van der Waals surface area (Å²) in [5, 5.41) is -0.505. The van der Waals surface area contributed by atoms with Crippen LogP contribution in [0.3, 0.4) is 0 Å². The summed E-state index contributed by atoms with van der Waals surface area (Å²) in [5.74, 6) is 0.264. The Hall–Kier alpha value is -1.40. The van der Waals surface area contributed by atoms with Gasteiger partial charge in [0.15, 0.2) is 0 Å². The van der Waals surface area contributed by atoms with Crippen LogP contribution in [0.1, 0.15) is 37.2 Å². The normalized spacial score (nSPS) is 25.6. The Morgan fingerprint density at radius 1 is 1.18 bits per heavy atom. The van der Waals surface area contributed by atoms with Gasteiger partial charge in [0.2, 0.25) is 15.9 Å². The largest absolute Gasteiger partial charge is 0.381 e. The quantitative estimate of drug-likeness (QED) is 0.897. The second-order valence-corrected chi connectivity index (χ2v) is 8.06. The topological polar surface area (TPSA) is 72.5 Å². The van der Waals surface area contributed by atoms with Gasteiger partial charge in [0.25, 0.3) is 0 Å². The molecule has 0 spiro atoms. The van der Waals surface area contributed by atoms with Crippen LogP contribution in [0.5, 0.6) is 0 Å². The van der Waals surface area contributed by atoms with Crippen molar-refractivity contribution in [3.63, 3.8) is 0 Å². The maximum absolute atomic E-state index is 12.2. The van der Waals surface area contributed by atoms with E-state index in [-0.39, 0.29) is 18.2 Å². The standard InChI is InChI=1S/C16H21NO4S/c18-16(17-22(19,20)14-6-8-21-9-7-14)11-13-10-15(13)12-4-2-1-3-5-12/h1-5,13-15H,6-11H2,(H,17,18)/t13-,15-/m0/s1. The number of carbonyl (C=O) groups excluding carboxylic acids is 1. The number of sulfonamides is 1. The molecule has 120 valence electrons. The summed E-state index contributed by atoms with van der Waals surface area (Å²) in [4.78, 5) is 12.0. The minimum absolute atomic E-state index is 0.257. The predicted octanol–water partition coefficient (Wildman–Crippen LogP) is 1.81. The molecule has 1 saturated carbocycles. The Bertz CT molecular complexity index is 623. The lowest BCUT2D eigenvalue weighted by Gasteiger charge is -2.22. The van der Waals surface area contributed by atoms with E-state index in [2.05, 4.69) is 16.9 Å². The Labute approximate surface area is 131 Å². The van der Waals surface area contributed by atoms with Crippen molar-refractivity contribution in [3.8, 4) is 0 Å². The van der Waals surface area contributed by atoms with Gasteiger partial charge in [-0.25, -0.2) is 8.42 Å². The van der Waals surface area contributed by atoms with Gasteiger partial charge in [-0.3, -0.25) is 9.52 Å². The molecule has 0 bridgehead atoms. The molecule has 3 rings (SSSR count). The predicted molar refractivity (Wildman–Crippen MR) is 82.8 cm³/mol. The highest BCUT2D eigenvalue weighted by Gasteiger charge is 2.40. The van der Waals surface area contributed by atoms with Crippen molar-refractivity contribution < 1.29 is 17.9 Å². The minimum Gasteiger partial charge on any atom is -0.381 e. The molecule has 1 aromatic rings. The molecule has 0 aromatic heterocycles. The molecule has 5 nitrogen and oxygen atoms in total. The van der Waals surface area contributed by atoms with Crippen LogP contribution in [0.25, 0.3) is 0 Å². The van der Waals surface area contributed by atoms with Crippen LogP contribution in [-0.2, 0) is 19.6 Å². The Balaban J connectivity index is 1.51. The second kappa shape index (κ2) is 6.38. The van der Waals surface area contributed by atoms with Gasteiger partial charge in [-0.15, -0.1) is 0 Å². The summed E-state index contributed by atoms with van der Waals surface area (Å²) in [6.07, 6.45) is 2.15. The summed E-state index contributed by atoms with van der Waals surface area (Å²) >= 11 is 0. The van der Waals surface area contributed by atoms with Crippen molar-refractivity contribution in [1.82, 2.24) is 4.72 Å². The molecule has 1 aromatic carbocycles. The molecule has 2 aliphatic rings. The highest BCUT2D eigenvalue weighted by atomic mass is 32.2. The van der Waals surface area contributed by atoms with Crippen LogP contribution in [0.4, 0.5) is 0 Å². The first-order valence-corrected chi connectivity index (χ1v) is 9.28. The zero-order valence-corrected chi connectivity index (χ0v) is 13.2. The minimum atomic E-state index is -3.56. The van der Waals surface area contributed by atoms with Crippen LogP contribution >= 0.6 is 0 Å². The monoisotopic (exact) mass is 323 g/mol.